The van der Waals surface area contributed by atoms with Gasteiger partial charge in [-0.05, 0) is 61.9 Å². The highest BCUT2D eigenvalue weighted by Gasteiger charge is 2.14. The highest BCUT2D eigenvalue weighted by Crippen LogP contribution is 2.37. The Labute approximate surface area is 135 Å². The van der Waals surface area contributed by atoms with E-state index in [4.69, 9.17) is 0 Å². The molecule has 0 saturated heterocycles. The number of allylic oxidation sites excluding steroid dienone is 3. The number of hydrogen-bond donors (Lipinski definition) is 1. The van der Waals surface area contributed by atoms with E-state index in [-0.39, 0.29) is 0 Å². The number of rotatable bonds is 0. The van der Waals surface area contributed by atoms with E-state index in [1.165, 1.54) is 36.9 Å². The van der Waals surface area contributed by atoms with Crippen LogP contribution < -0.4 is 5.32 Å². The fraction of sp³-hybridized carbons (Fsp3) is 0.200. The van der Waals surface area contributed by atoms with Crippen molar-refractivity contribution in [3.8, 4) is 0 Å². The lowest BCUT2D eigenvalue weighted by Gasteiger charge is -2.16. The van der Waals surface area contributed by atoms with Crippen LogP contribution in [0, 0.1) is 0 Å². The van der Waals surface area contributed by atoms with E-state index in [2.05, 4.69) is 73.9 Å². The van der Waals surface area contributed by atoms with Crippen molar-refractivity contribution in [2.45, 2.75) is 26.3 Å². The lowest BCUT2D eigenvalue weighted by molar-refractivity contribution is 0.682. The first-order valence-electron chi connectivity index (χ1n) is 7.76. The molecule has 1 N–H and O–H groups in total. The topological polar surface area (TPSA) is 12.0 Å². The molecule has 1 nitrogen and oxygen atoms in total. The first kappa shape index (κ1) is 13.6. The van der Waals surface area contributed by atoms with E-state index in [0.29, 0.717) is 6.04 Å². The zero-order chi connectivity index (χ0) is 15.1. The molecule has 0 bridgehead atoms. The third-order valence-corrected chi connectivity index (χ3v) is 5.58. The van der Waals surface area contributed by atoms with E-state index in [9.17, 15) is 0 Å². The summed E-state index contributed by atoms with van der Waals surface area (Å²) in [6.07, 6.45) is 7.54. The van der Waals surface area contributed by atoms with Gasteiger partial charge >= 0.3 is 0 Å². The molecule has 0 amide bonds. The number of fused-ring (bicyclic) bond motifs is 4. The van der Waals surface area contributed by atoms with E-state index < -0.39 is 0 Å². The van der Waals surface area contributed by atoms with E-state index in [1.807, 2.05) is 11.3 Å². The third-order valence-electron chi connectivity index (χ3n) is 4.44. The van der Waals surface area contributed by atoms with Crippen LogP contribution in [0.15, 0.2) is 60.3 Å². The Morgan fingerprint density at radius 3 is 2.86 bits per heavy atom. The molecule has 0 aliphatic carbocycles. The van der Waals surface area contributed by atoms with Gasteiger partial charge in [-0.1, -0.05) is 29.8 Å². The molecule has 0 radical (unpaired) electrons. The Hall–Kier alpha value is -2.06. The summed E-state index contributed by atoms with van der Waals surface area (Å²) in [4.78, 5) is 0. The summed E-state index contributed by atoms with van der Waals surface area (Å²) in [5, 5.41) is 6.27. The van der Waals surface area contributed by atoms with Crippen LogP contribution in [0.25, 0.3) is 20.2 Å². The summed E-state index contributed by atoms with van der Waals surface area (Å²) in [5.74, 6) is 0. The number of benzene rings is 2. The molecule has 2 aromatic carbocycles. The predicted molar refractivity (Wildman–Crippen MR) is 97.5 cm³/mol. The second-order valence-corrected chi connectivity index (χ2v) is 7.10. The van der Waals surface area contributed by atoms with Gasteiger partial charge in [0.25, 0.3) is 0 Å². The molecule has 4 rings (SSSR count). The zero-order valence-corrected chi connectivity index (χ0v) is 13.7. The van der Waals surface area contributed by atoms with Crippen LogP contribution in [0.4, 0.5) is 0 Å². The van der Waals surface area contributed by atoms with Crippen molar-refractivity contribution in [1.29, 1.82) is 0 Å². The maximum absolute atomic E-state index is 3.49. The molecule has 110 valence electrons. The highest BCUT2D eigenvalue weighted by molar-refractivity contribution is 7.25. The SMILES string of the molecule is CC1=C\Cc2cc3c(cc2C(C)N/C=C\1)sc1ccccc13. The lowest BCUT2D eigenvalue weighted by Crippen LogP contribution is -2.13. The van der Waals surface area contributed by atoms with Gasteiger partial charge in [0, 0.05) is 26.2 Å². The molecule has 1 aliphatic heterocycles. The quantitative estimate of drug-likeness (QED) is 0.560. The van der Waals surface area contributed by atoms with Gasteiger partial charge in [0.1, 0.15) is 0 Å². The van der Waals surface area contributed by atoms with Crippen molar-refractivity contribution < 1.29 is 0 Å². The van der Waals surface area contributed by atoms with Gasteiger partial charge in [0.2, 0.25) is 0 Å². The molecule has 22 heavy (non-hydrogen) atoms. The van der Waals surface area contributed by atoms with E-state index in [1.54, 1.807) is 0 Å². The summed E-state index contributed by atoms with van der Waals surface area (Å²) in [7, 11) is 0. The average molecular weight is 305 g/mol. The smallest absolute Gasteiger partial charge is 0.0483 e. The van der Waals surface area contributed by atoms with Gasteiger partial charge in [0.15, 0.2) is 0 Å². The predicted octanol–water partition coefficient (Wildman–Crippen LogP) is 5.72. The Balaban J connectivity index is 1.98. The van der Waals surface area contributed by atoms with Crippen molar-refractivity contribution in [2.24, 2.45) is 0 Å². The van der Waals surface area contributed by atoms with E-state index >= 15 is 0 Å². The minimum absolute atomic E-state index is 0.333. The second-order valence-electron chi connectivity index (χ2n) is 6.02. The van der Waals surface area contributed by atoms with Gasteiger partial charge in [-0.15, -0.1) is 11.3 Å². The largest absolute Gasteiger partial charge is 0.384 e. The molecule has 3 aromatic rings. The molecular weight excluding hydrogens is 286 g/mol. The normalized spacial score (nSPS) is 22.1. The van der Waals surface area contributed by atoms with E-state index in [0.717, 1.165) is 6.42 Å². The molecular formula is C20H19NS. The van der Waals surface area contributed by atoms with Crippen molar-refractivity contribution in [1.82, 2.24) is 5.32 Å². The van der Waals surface area contributed by atoms with Gasteiger partial charge < -0.3 is 5.32 Å². The Morgan fingerprint density at radius 1 is 1.09 bits per heavy atom. The third kappa shape index (κ3) is 2.24. The van der Waals surface area contributed by atoms with Crippen LogP contribution in [-0.4, -0.2) is 0 Å². The number of nitrogens with one attached hydrogen (secondary N) is 1. The second kappa shape index (κ2) is 5.29. The molecule has 1 atom stereocenters. The summed E-state index contributed by atoms with van der Waals surface area (Å²) in [5.41, 5.74) is 4.15. The minimum Gasteiger partial charge on any atom is -0.384 e. The van der Waals surface area contributed by atoms with Crippen LogP contribution in [0.2, 0.25) is 0 Å². The van der Waals surface area contributed by atoms with Crippen LogP contribution in [-0.2, 0) is 6.42 Å². The monoisotopic (exact) mass is 305 g/mol. The molecule has 2 heterocycles. The maximum atomic E-state index is 3.49. The fourth-order valence-corrected chi connectivity index (χ4v) is 4.30. The summed E-state index contributed by atoms with van der Waals surface area (Å²) in [6, 6.07) is 13.8. The van der Waals surface area contributed by atoms with Gasteiger partial charge in [-0.2, -0.15) is 0 Å². The summed E-state index contributed by atoms with van der Waals surface area (Å²) >= 11 is 1.89. The highest BCUT2D eigenvalue weighted by atomic mass is 32.1. The average Bonchev–Trinajstić information content (AvgIpc) is 2.91. The molecule has 0 saturated carbocycles. The Kier molecular flexibility index (Phi) is 3.27. The maximum Gasteiger partial charge on any atom is 0.0483 e. The minimum atomic E-state index is 0.333. The molecule has 2 heteroatoms. The van der Waals surface area contributed by atoms with Crippen LogP contribution in [0.3, 0.4) is 0 Å². The first-order valence-corrected chi connectivity index (χ1v) is 8.57. The van der Waals surface area contributed by atoms with Crippen molar-refractivity contribution >= 4 is 31.5 Å². The van der Waals surface area contributed by atoms with Gasteiger partial charge in [-0.3, -0.25) is 0 Å². The summed E-state index contributed by atoms with van der Waals surface area (Å²) in [6.45, 7) is 4.40. The van der Waals surface area contributed by atoms with Crippen LogP contribution >= 0.6 is 11.3 Å². The fourth-order valence-electron chi connectivity index (χ4n) is 3.16. The Bertz CT molecular complexity index is 914. The number of hydrogen-bond acceptors (Lipinski definition) is 2. The Morgan fingerprint density at radius 2 is 1.95 bits per heavy atom. The van der Waals surface area contributed by atoms with Gasteiger partial charge in [0.05, 0.1) is 0 Å². The zero-order valence-electron chi connectivity index (χ0n) is 12.9. The van der Waals surface area contributed by atoms with Crippen LogP contribution in [0.5, 0.6) is 0 Å². The molecule has 0 fully saturated rings. The van der Waals surface area contributed by atoms with Gasteiger partial charge in [-0.25, -0.2) is 0 Å². The van der Waals surface area contributed by atoms with Crippen LogP contribution in [0.1, 0.15) is 31.0 Å². The molecule has 1 aromatic heterocycles. The standard InChI is InChI=1S/C20H19NS/c1-13-7-8-15-11-18-16-5-3-4-6-19(16)22-20(18)12-17(15)14(2)21-10-9-13/h3-7,9-12,14,21H,8H2,1-2H3/b10-9-,13-7+. The molecule has 1 aliphatic rings. The number of thiophene rings is 1. The summed E-state index contributed by atoms with van der Waals surface area (Å²) < 4.78 is 2.76. The van der Waals surface area contributed by atoms with Crippen molar-refractivity contribution in [3.05, 3.63) is 71.5 Å². The molecule has 1 unspecified atom stereocenters. The van der Waals surface area contributed by atoms with Crippen molar-refractivity contribution in [2.75, 3.05) is 0 Å². The first-order chi connectivity index (χ1) is 10.7. The molecule has 0 spiro atoms. The lowest BCUT2D eigenvalue weighted by atomic mass is 9.96. The van der Waals surface area contributed by atoms with Crippen molar-refractivity contribution in [3.63, 3.8) is 0 Å².